The maximum Gasteiger partial charge on any atom is -0.0241 e. The number of hydrogen-bond acceptors (Lipinski definition) is 0. The first-order valence-electron chi connectivity index (χ1n) is 14.3. The molecule has 0 radical (unpaired) electrons. The van der Waals surface area contributed by atoms with Crippen LogP contribution in [0.25, 0.3) is 0 Å². The first-order chi connectivity index (χ1) is 14.3. The van der Waals surface area contributed by atoms with Crippen LogP contribution in [0.1, 0.15) is 148 Å². The molecule has 4 fully saturated rings. The molecular formula is C29H52. The molecule has 3 unspecified atom stereocenters. The molecule has 0 amide bonds. The Morgan fingerprint density at radius 1 is 0.655 bits per heavy atom. The highest BCUT2D eigenvalue weighted by atomic mass is 14.5. The van der Waals surface area contributed by atoms with E-state index in [0.29, 0.717) is 0 Å². The van der Waals surface area contributed by atoms with E-state index in [9.17, 15) is 0 Å². The van der Waals surface area contributed by atoms with E-state index in [2.05, 4.69) is 6.92 Å². The van der Waals surface area contributed by atoms with E-state index in [-0.39, 0.29) is 0 Å². The minimum atomic E-state index is 0.730. The lowest BCUT2D eigenvalue weighted by molar-refractivity contribution is -0.0235. The van der Waals surface area contributed by atoms with E-state index in [1.54, 1.807) is 70.6 Å². The van der Waals surface area contributed by atoms with E-state index in [1.165, 1.54) is 70.6 Å². The van der Waals surface area contributed by atoms with E-state index >= 15 is 0 Å². The smallest absolute Gasteiger partial charge is 0.0241 e. The van der Waals surface area contributed by atoms with Gasteiger partial charge in [-0.2, -0.15) is 0 Å². The molecule has 0 N–H and O–H groups in total. The summed E-state index contributed by atoms with van der Waals surface area (Å²) in [6.45, 7) is 2.69. The monoisotopic (exact) mass is 400 g/mol. The second-order valence-electron chi connectivity index (χ2n) is 12.2. The fourth-order valence-electron chi connectivity index (χ4n) is 8.72. The van der Waals surface area contributed by atoms with Gasteiger partial charge in [0.05, 0.1) is 0 Å². The molecule has 168 valence electrons. The van der Waals surface area contributed by atoms with Gasteiger partial charge in [-0.3, -0.25) is 0 Å². The lowest BCUT2D eigenvalue weighted by Gasteiger charge is -2.52. The Labute approximate surface area is 183 Å². The fraction of sp³-hybridized carbons (Fsp3) is 1.00. The SMILES string of the molecule is CC1CCCCC1(CC(CCC1CCCCC1)C1CCCCC1)C1CCCCC1. The molecule has 0 aromatic carbocycles. The van der Waals surface area contributed by atoms with Crippen molar-refractivity contribution in [2.45, 2.75) is 148 Å². The zero-order valence-electron chi connectivity index (χ0n) is 19.9. The molecule has 0 heteroatoms. The van der Waals surface area contributed by atoms with Crippen LogP contribution in [0.5, 0.6) is 0 Å². The van der Waals surface area contributed by atoms with Crippen LogP contribution in [0.3, 0.4) is 0 Å². The maximum absolute atomic E-state index is 2.69. The van der Waals surface area contributed by atoms with Gasteiger partial charge in [-0.25, -0.2) is 0 Å². The van der Waals surface area contributed by atoms with Crippen LogP contribution in [0, 0.1) is 35.0 Å². The van der Waals surface area contributed by atoms with E-state index in [1.807, 2.05) is 0 Å². The normalized spacial score (nSPS) is 34.9. The average molecular weight is 401 g/mol. The highest BCUT2D eigenvalue weighted by molar-refractivity contribution is 4.96. The molecule has 0 aliphatic heterocycles. The summed E-state index contributed by atoms with van der Waals surface area (Å²) >= 11 is 0. The van der Waals surface area contributed by atoms with Gasteiger partial charge in [0, 0.05) is 0 Å². The summed E-state index contributed by atoms with van der Waals surface area (Å²) in [5.74, 6) is 5.32. The standard InChI is InChI=1S/C29H52/c1-24-13-11-12-22-29(24,28-18-9-4-10-19-28)23-27(26-16-7-3-8-17-26)21-20-25-14-5-2-6-15-25/h24-28H,2-23H2,1H3. The molecule has 0 heterocycles. The molecule has 0 saturated heterocycles. The van der Waals surface area contributed by atoms with Crippen LogP contribution >= 0.6 is 0 Å². The van der Waals surface area contributed by atoms with Crippen molar-refractivity contribution in [3.63, 3.8) is 0 Å². The highest BCUT2D eigenvalue weighted by Crippen LogP contribution is 2.56. The molecule has 3 atom stereocenters. The summed E-state index contributed by atoms with van der Waals surface area (Å²) in [7, 11) is 0. The minimum Gasteiger partial charge on any atom is -0.0620 e. The van der Waals surface area contributed by atoms with Gasteiger partial charge in [-0.15, -0.1) is 0 Å². The van der Waals surface area contributed by atoms with Crippen molar-refractivity contribution in [3.8, 4) is 0 Å². The maximum atomic E-state index is 2.69. The van der Waals surface area contributed by atoms with Gasteiger partial charge in [0.25, 0.3) is 0 Å². The minimum absolute atomic E-state index is 0.730. The molecule has 0 nitrogen and oxygen atoms in total. The first kappa shape index (κ1) is 22.2. The van der Waals surface area contributed by atoms with Gasteiger partial charge in [-0.1, -0.05) is 116 Å². The van der Waals surface area contributed by atoms with Gasteiger partial charge >= 0.3 is 0 Å². The Morgan fingerprint density at radius 2 is 1.24 bits per heavy atom. The summed E-state index contributed by atoms with van der Waals surface area (Å²) < 4.78 is 0. The lowest BCUT2D eigenvalue weighted by Crippen LogP contribution is -2.43. The van der Waals surface area contributed by atoms with Crippen molar-refractivity contribution in [2.75, 3.05) is 0 Å². The van der Waals surface area contributed by atoms with Crippen molar-refractivity contribution in [1.82, 2.24) is 0 Å². The van der Waals surface area contributed by atoms with E-state index in [4.69, 9.17) is 0 Å². The summed E-state index contributed by atoms with van der Waals surface area (Å²) in [6.07, 6.45) is 34.2. The molecule has 0 aromatic heterocycles. The molecular weight excluding hydrogens is 348 g/mol. The van der Waals surface area contributed by atoms with Crippen LogP contribution in [0.15, 0.2) is 0 Å². The van der Waals surface area contributed by atoms with Gasteiger partial charge in [0.15, 0.2) is 0 Å². The number of rotatable bonds is 7. The second-order valence-corrected chi connectivity index (χ2v) is 12.2. The first-order valence-corrected chi connectivity index (χ1v) is 14.3. The molecule has 0 aromatic rings. The van der Waals surface area contributed by atoms with Gasteiger partial charge in [0.1, 0.15) is 0 Å². The lowest BCUT2D eigenvalue weighted by atomic mass is 9.53. The third-order valence-corrected chi connectivity index (χ3v) is 10.6. The highest BCUT2D eigenvalue weighted by Gasteiger charge is 2.46. The van der Waals surface area contributed by atoms with Crippen molar-refractivity contribution in [3.05, 3.63) is 0 Å². The van der Waals surface area contributed by atoms with Crippen molar-refractivity contribution < 1.29 is 0 Å². The zero-order chi connectivity index (χ0) is 19.9. The predicted molar refractivity (Wildman–Crippen MR) is 127 cm³/mol. The Hall–Kier alpha value is 0. The van der Waals surface area contributed by atoms with Crippen LogP contribution < -0.4 is 0 Å². The topological polar surface area (TPSA) is 0 Å². The van der Waals surface area contributed by atoms with Gasteiger partial charge in [0.2, 0.25) is 0 Å². The Kier molecular flexibility index (Phi) is 8.45. The quantitative estimate of drug-likeness (QED) is 0.399. The van der Waals surface area contributed by atoms with Crippen LogP contribution in [-0.4, -0.2) is 0 Å². The summed E-state index contributed by atoms with van der Waals surface area (Å²) in [5, 5.41) is 0. The summed E-state index contributed by atoms with van der Waals surface area (Å²) in [6, 6.07) is 0. The fourth-order valence-corrected chi connectivity index (χ4v) is 8.72. The molecule has 29 heavy (non-hydrogen) atoms. The Morgan fingerprint density at radius 3 is 1.90 bits per heavy atom. The van der Waals surface area contributed by atoms with Crippen LogP contribution in [0.2, 0.25) is 0 Å². The molecule has 0 bridgehead atoms. The summed E-state index contributed by atoms with van der Waals surface area (Å²) in [4.78, 5) is 0. The van der Waals surface area contributed by atoms with E-state index < -0.39 is 0 Å². The third kappa shape index (κ3) is 5.63. The Bertz CT molecular complexity index is 449. The Balaban J connectivity index is 1.48. The van der Waals surface area contributed by atoms with Crippen LogP contribution in [-0.2, 0) is 0 Å². The predicted octanol–water partition coefficient (Wildman–Crippen LogP) is 9.71. The molecule has 4 rings (SSSR count). The number of hydrogen-bond donors (Lipinski definition) is 0. The van der Waals surface area contributed by atoms with Crippen LogP contribution in [0.4, 0.5) is 0 Å². The third-order valence-electron chi connectivity index (χ3n) is 10.6. The molecule has 4 saturated carbocycles. The molecule has 4 aliphatic carbocycles. The second kappa shape index (κ2) is 11.0. The van der Waals surface area contributed by atoms with Crippen molar-refractivity contribution in [2.24, 2.45) is 35.0 Å². The van der Waals surface area contributed by atoms with Gasteiger partial charge in [-0.05, 0) is 67.1 Å². The van der Waals surface area contributed by atoms with E-state index in [0.717, 1.165) is 35.0 Å². The molecule has 4 aliphatic rings. The largest absolute Gasteiger partial charge is 0.0620 e. The van der Waals surface area contributed by atoms with Crippen molar-refractivity contribution in [1.29, 1.82) is 0 Å². The zero-order valence-corrected chi connectivity index (χ0v) is 19.9. The summed E-state index contributed by atoms with van der Waals surface area (Å²) in [5.41, 5.74) is 0.730. The van der Waals surface area contributed by atoms with Crippen molar-refractivity contribution >= 4 is 0 Å². The van der Waals surface area contributed by atoms with Gasteiger partial charge < -0.3 is 0 Å². The average Bonchev–Trinajstić information content (AvgIpc) is 2.80. The molecule has 0 spiro atoms.